The van der Waals surface area contributed by atoms with E-state index in [1.807, 2.05) is 0 Å². The first-order valence-corrected chi connectivity index (χ1v) is 7.73. The number of para-hydroxylation sites is 1. The molecule has 0 aliphatic rings. The van der Waals surface area contributed by atoms with Crippen LogP contribution in [-0.2, 0) is 16.0 Å². The van der Waals surface area contributed by atoms with Crippen molar-refractivity contribution in [1.29, 1.82) is 0 Å². The number of hydrogen-bond acceptors (Lipinski definition) is 7. The zero-order valence-corrected chi connectivity index (χ0v) is 13.5. The van der Waals surface area contributed by atoms with E-state index in [0.717, 1.165) is 0 Å². The van der Waals surface area contributed by atoms with E-state index in [9.17, 15) is 9.18 Å². The van der Waals surface area contributed by atoms with E-state index >= 15 is 0 Å². The van der Waals surface area contributed by atoms with Gasteiger partial charge in [-0.25, -0.2) is 9.37 Å². The molecule has 1 aromatic heterocycles. The predicted octanol–water partition coefficient (Wildman–Crippen LogP) is 2.84. The normalized spacial score (nSPS) is 10.7. The average Bonchev–Trinajstić information content (AvgIpc) is 2.95. The summed E-state index contributed by atoms with van der Waals surface area (Å²) in [5.41, 5.74) is 3.85. The topological polar surface area (TPSA) is 72.8 Å². The highest BCUT2D eigenvalue weighted by molar-refractivity contribution is 7.13. The van der Waals surface area contributed by atoms with Crippen molar-refractivity contribution in [3.8, 4) is 5.75 Å². The largest absolute Gasteiger partial charge is 0.493 e. The summed E-state index contributed by atoms with van der Waals surface area (Å²) in [7, 11) is 1.39. The van der Waals surface area contributed by atoms with Crippen LogP contribution in [-0.4, -0.2) is 30.9 Å². The van der Waals surface area contributed by atoms with Crippen LogP contribution in [0.25, 0.3) is 0 Å². The van der Waals surface area contributed by atoms with E-state index < -0.39 is 5.82 Å². The van der Waals surface area contributed by atoms with E-state index in [0.29, 0.717) is 23.0 Å². The van der Waals surface area contributed by atoms with Gasteiger partial charge in [0.15, 0.2) is 11.6 Å². The first-order chi connectivity index (χ1) is 11.1. The van der Waals surface area contributed by atoms with Gasteiger partial charge in [-0.1, -0.05) is 6.07 Å². The molecule has 0 amide bonds. The third kappa shape index (κ3) is 4.75. The molecule has 0 aliphatic carbocycles. The lowest BCUT2D eigenvalue weighted by Gasteiger charge is -2.04. The number of methoxy groups -OCH3 is 1. The van der Waals surface area contributed by atoms with E-state index in [1.165, 1.54) is 30.7 Å². The monoisotopic (exact) mass is 337 g/mol. The number of esters is 1. The van der Waals surface area contributed by atoms with Crippen LogP contribution in [0.2, 0.25) is 0 Å². The van der Waals surface area contributed by atoms with Crippen molar-refractivity contribution in [1.82, 2.24) is 4.98 Å². The van der Waals surface area contributed by atoms with Crippen molar-refractivity contribution in [2.45, 2.75) is 13.3 Å². The Morgan fingerprint density at radius 3 is 3.09 bits per heavy atom. The van der Waals surface area contributed by atoms with Gasteiger partial charge in [0.1, 0.15) is 0 Å². The molecule has 122 valence electrons. The van der Waals surface area contributed by atoms with Crippen molar-refractivity contribution >= 4 is 28.7 Å². The Hall–Kier alpha value is -2.48. The number of ether oxygens (including phenoxy) is 2. The van der Waals surface area contributed by atoms with Crippen LogP contribution in [0, 0.1) is 5.82 Å². The molecule has 1 N–H and O–H groups in total. The molecule has 0 spiro atoms. The van der Waals surface area contributed by atoms with Gasteiger partial charge in [0.2, 0.25) is 5.13 Å². The molecule has 0 saturated heterocycles. The van der Waals surface area contributed by atoms with E-state index in [2.05, 4.69) is 15.5 Å². The summed E-state index contributed by atoms with van der Waals surface area (Å²) in [5, 5.41) is 6.27. The molecule has 0 fully saturated rings. The number of anilines is 1. The van der Waals surface area contributed by atoms with Crippen LogP contribution in [0.3, 0.4) is 0 Å². The molecular weight excluding hydrogens is 321 g/mol. The fourth-order valence-corrected chi connectivity index (χ4v) is 2.46. The van der Waals surface area contributed by atoms with Gasteiger partial charge in [-0.15, -0.1) is 11.3 Å². The van der Waals surface area contributed by atoms with Crippen molar-refractivity contribution in [3.63, 3.8) is 0 Å². The Bertz CT molecular complexity index is 703. The first-order valence-electron chi connectivity index (χ1n) is 6.85. The average molecular weight is 337 g/mol. The number of hydrazone groups is 1. The minimum Gasteiger partial charge on any atom is -0.493 e. The van der Waals surface area contributed by atoms with Crippen LogP contribution < -0.4 is 10.2 Å². The summed E-state index contributed by atoms with van der Waals surface area (Å²) in [4.78, 5) is 15.6. The number of hydrogen-bond donors (Lipinski definition) is 1. The van der Waals surface area contributed by atoms with Crippen LogP contribution in [0.15, 0.2) is 28.7 Å². The minimum absolute atomic E-state index is 0.119. The fraction of sp³-hybridized carbons (Fsp3) is 0.267. The van der Waals surface area contributed by atoms with E-state index in [4.69, 9.17) is 9.47 Å². The first kappa shape index (κ1) is 16.9. The summed E-state index contributed by atoms with van der Waals surface area (Å²) in [6.07, 6.45) is 1.56. The third-order valence-electron chi connectivity index (χ3n) is 2.75. The van der Waals surface area contributed by atoms with Crippen molar-refractivity contribution < 1.29 is 18.7 Å². The molecule has 1 aromatic carbocycles. The SMILES string of the molecule is CCOC(=O)Cc1csc(NN=Cc2cccc(F)c2OC)n1. The Kier molecular flexibility index (Phi) is 6.04. The molecule has 1 heterocycles. The van der Waals surface area contributed by atoms with Crippen molar-refractivity contribution in [3.05, 3.63) is 40.7 Å². The molecule has 0 atom stereocenters. The number of carbonyl (C=O) groups excluding carboxylic acids is 1. The second kappa shape index (κ2) is 8.23. The van der Waals surface area contributed by atoms with Gasteiger partial charge in [0.25, 0.3) is 0 Å². The molecule has 8 heteroatoms. The molecule has 0 bridgehead atoms. The second-order valence-electron chi connectivity index (χ2n) is 4.36. The zero-order valence-electron chi connectivity index (χ0n) is 12.7. The quantitative estimate of drug-likeness (QED) is 0.478. The highest BCUT2D eigenvalue weighted by Gasteiger charge is 2.08. The number of halogens is 1. The fourth-order valence-electron chi connectivity index (χ4n) is 1.80. The maximum Gasteiger partial charge on any atom is 0.311 e. The van der Waals surface area contributed by atoms with Crippen LogP contribution in [0.4, 0.5) is 9.52 Å². The molecule has 0 aliphatic heterocycles. The Morgan fingerprint density at radius 2 is 2.35 bits per heavy atom. The summed E-state index contributed by atoms with van der Waals surface area (Å²) in [5.74, 6) is -0.653. The molecule has 2 rings (SSSR count). The molecule has 23 heavy (non-hydrogen) atoms. The van der Waals surface area contributed by atoms with Crippen molar-refractivity contribution in [2.24, 2.45) is 5.10 Å². The van der Waals surface area contributed by atoms with Crippen LogP contribution >= 0.6 is 11.3 Å². The van der Waals surface area contributed by atoms with Crippen LogP contribution in [0.5, 0.6) is 5.75 Å². The van der Waals surface area contributed by atoms with Gasteiger partial charge in [0.05, 0.1) is 32.0 Å². The summed E-state index contributed by atoms with van der Waals surface area (Å²) >= 11 is 1.31. The van der Waals surface area contributed by atoms with Gasteiger partial charge >= 0.3 is 5.97 Å². The van der Waals surface area contributed by atoms with Gasteiger partial charge in [0, 0.05) is 10.9 Å². The van der Waals surface area contributed by atoms with Gasteiger partial charge in [-0.05, 0) is 19.1 Å². The van der Waals surface area contributed by atoms with Crippen LogP contribution in [0.1, 0.15) is 18.2 Å². The smallest absolute Gasteiger partial charge is 0.311 e. The number of aromatic nitrogens is 1. The molecule has 0 radical (unpaired) electrons. The molecular formula is C15H16FN3O3S. The van der Waals surface area contributed by atoms with Gasteiger partial charge in [-0.3, -0.25) is 10.2 Å². The van der Waals surface area contributed by atoms with Gasteiger partial charge < -0.3 is 9.47 Å². The zero-order chi connectivity index (χ0) is 16.7. The summed E-state index contributed by atoms with van der Waals surface area (Å²) in [6, 6.07) is 4.56. The Balaban J connectivity index is 1.97. The maximum absolute atomic E-state index is 13.5. The van der Waals surface area contributed by atoms with E-state index in [-0.39, 0.29) is 18.1 Å². The predicted molar refractivity (Wildman–Crippen MR) is 86.6 cm³/mol. The highest BCUT2D eigenvalue weighted by atomic mass is 32.1. The molecule has 0 saturated carbocycles. The molecule has 0 unspecified atom stereocenters. The number of nitrogens with zero attached hydrogens (tertiary/aromatic N) is 2. The lowest BCUT2D eigenvalue weighted by molar-refractivity contribution is -0.142. The number of thiazole rings is 1. The Labute approximate surface area is 137 Å². The lowest BCUT2D eigenvalue weighted by Crippen LogP contribution is -2.07. The second-order valence-corrected chi connectivity index (χ2v) is 5.22. The standard InChI is InChI=1S/C15H16FN3O3S/c1-3-22-13(20)7-11-9-23-15(18-11)19-17-8-10-5-4-6-12(16)14(10)21-2/h4-6,8-9H,3,7H2,1-2H3,(H,18,19). The molecule has 6 nitrogen and oxygen atoms in total. The maximum atomic E-state index is 13.5. The van der Waals surface area contributed by atoms with E-state index in [1.54, 1.807) is 24.4 Å². The third-order valence-corrected chi connectivity index (χ3v) is 3.54. The number of carbonyl (C=O) groups is 1. The number of rotatable bonds is 7. The number of nitrogens with one attached hydrogen (secondary N) is 1. The summed E-state index contributed by atoms with van der Waals surface area (Å²) < 4.78 is 23.4. The minimum atomic E-state index is -0.456. The highest BCUT2D eigenvalue weighted by Crippen LogP contribution is 2.21. The number of benzene rings is 1. The Morgan fingerprint density at radius 1 is 1.52 bits per heavy atom. The molecule has 2 aromatic rings. The van der Waals surface area contributed by atoms with Crippen molar-refractivity contribution in [2.75, 3.05) is 19.1 Å². The summed E-state index contributed by atoms with van der Waals surface area (Å²) in [6.45, 7) is 2.09. The lowest BCUT2D eigenvalue weighted by atomic mass is 10.2. The van der Waals surface area contributed by atoms with Gasteiger partial charge in [-0.2, -0.15) is 5.10 Å².